The molecule has 0 spiro atoms. The van der Waals surface area contributed by atoms with Crippen molar-refractivity contribution in [2.45, 2.75) is 19.4 Å². The van der Waals surface area contributed by atoms with Crippen LogP contribution in [0.25, 0.3) is 0 Å². The first-order valence-electron chi connectivity index (χ1n) is 4.44. The van der Waals surface area contributed by atoms with Crippen LogP contribution in [0.5, 0.6) is 0 Å². The third kappa shape index (κ3) is 2.85. The summed E-state index contributed by atoms with van der Waals surface area (Å²) in [6.45, 7) is 1.99. The lowest BCUT2D eigenvalue weighted by Gasteiger charge is -2.10. The molecular formula is C11H14O3. The maximum atomic E-state index is 10.7. The topological polar surface area (TPSA) is 46.5 Å². The number of hydrogen-bond acceptors (Lipinski definition) is 2. The summed E-state index contributed by atoms with van der Waals surface area (Å²) >= 11 is 0. The van der Waals surface area contributed by atoms with Crippen molar-refractivity contribution in [1.29, 1.82) is 0 Å². The minimum atomic E-state index is -0.923. The van der Waals surface area contributed by atoms with Gasteiger partial charge >= 0.3 is 5.97 Å². The van der Waals surface area contributed by atoms with Crippen LogP contribution >= 0.6 is 0 Å². The third-order valence-electron chi connectivity index (χ3n) is 2.10. The molecule has 14 heavy (non-hydrogen) atoms. The van der Waals surface area contributed by atoms with E-state index in [2.05, 4.69) is 0 Å². The second-order valence-electron chi connectivity index (χ2n) is 3.25. The van der Waals surface area contributed by atoms with Crippen LogP contribution in [0, 0.1) is 6.92 Å². The lowest BCUT2D eigenvalue weighted by molar-refractivity contribution is -0.148. The molecule has 0 fully saturated rings. The normalized spacial score (nSPS) is 12.4. The zero-order valence-electron chi connectivity index (χ0n) is 8.36. The van der Waals surface area contributed by atoms with E-state index in [0.717, 1.165) is 11.1 Å². The molecule has 1 aromatic rings. The Labute approximate surface area is 83.3 Å². The van der Waals surface area contributed by atoms with Crippen LogP contribution in [-0.4, -0.2) is 24.3 Å². The molecule has 0 aromatic heterocycles. The van der Waals surface area contributed by atoms with Gasteiger partial charge in [-0.2, -0.15) is 0 Å². The van der Waals surface area contributed by atoms with Crippen molar-refractivity contribution in [2.24, 2.45) is 0 Å². The molecule has 0 amide bonds. The van der Waals surface area contributed by atoms with Crippen LogP contribution in [0.15, 0.2) is 24.3 Å². The lowest BCUT2D eigenvalue weighted by Crippen LogP contribution is -2.24. The summed E-state index contributed by atoms with van der Waals surface area (Å²) in [6.07, 6.45) is -0.343. The molecule has 0 saturated heterocycles. The minimum absolute atomic E-state index is 0.409. The quantitative estimate of drug-likeness (QED) is 0.792. The monoisotopic (exact) mass is 194 g/mol. The van der Waals surface area contributed by atoms with E-state index in [-0.39, 0.29) is 0 Å². The van der Waals surface area contributed by atoms with E-state index < -0.39 is 12.1 Å². The summed E-state index contributed by atoms with van der Waals surface area (Å²) in [5, 5.41) is 8.76. The summed E-state index contributed by atoms with van der Waals surface area (Å²) in [5.74, 6) is -0.923. The maximum Gasteiger partial charge on any atom is 0.333 e. The summed E-state index contributed by atoms with van der Waals surface area (Å²) < 4.78 is 4.85. The van der Waals surface area contributed by atoms with Crippen molar-refractivity contribution in [3.63, 3.8) is 0 Å². The molecule has 76 valence electrons. The number of carboxylic acids is 1. The van der Waals surface area contributed by atoms with E-state index in [9.17, 15) is 4.79 Å². The van der Waals surface area contributed by atoms with Crippen LogP contribution in [0.1, 0.15) is 11.1 Å². The molecule has 0 aliphatic heterocycles. The van der Waals surface area contributed by atoms with Crippen molar-refractivity contribution in [3.8, 4) is 0 Å². The molecule has 1 rings (SSSR count). The van der Waals surface area contributed by atoms with Gasteiger partial charge in [-0.3, -0.25) is 0 Å². The molecule has 0 aliphatic rings. The summed E-state index contributed by atoms with van der Waals surface area (Å²) in [4.78, 5) is 10.7. The molecule has 3 nitrogen and oxygen atoms in total. The molecule has 1 unspecified atom stereocenters. The van der Waals surface area contributed by atoms with Gasteiger partial charge in [0.2, 0.25) is 0 Å². The van der Waals surface area contributed by atoms with Crippen molar-refractivity contribution >= 4 is 5.97 Å². The molecule has 0 bridgehead atoms. The average molecular weight is 194 g/mol. The van der Waals surface area contributed by atoms with E-state index in [1.165, 1.54) is 7.11 Å². The predicted molar refractivity (Wildman–Crippen MR) is 53.3 cm³/mol. The first kappa shape index (κ1) is 10.7. The standard InChI is InChI=1S/C11H14O3/c1-8-3-5-9(6-4-8)7-10(14-2)11(12)13/h3-6,10H,7H2,1-2H3,(H,12,13). The molecule has 0 radical (unpaired) electrons. The van der Waals surface area contributed by atoms with Gasteiger partial charge in [0.1, 0.15) is 0 Å². The highest BCUT2D eigenvalue weighted by molar-refractivity contribution is 5.72. The van der Waals surface area contributed by atoms with Gasteiger partial charge in [0.15, 0.2) is 6.10 Å². The van der Waals surface area contributed by atoms with Crippen molar-refractivity contribution in [2.75, 3.05) is 7.11 Å². The summed E-state index contributed by atoms with van der Waals surface area (Å²) in [6, 6.07) is 7.77. The fourth-order valence-corrected chi connectivity index (χ4v) is 1.21. The minimum Gasteiger partial charge on any atom is -0.479 e. The maximum absolute atomic E-state index is 10.7. The molecule has 1 atom stereocenters. The summed E-state index contributed by atoms with van der Waals surface area (Å²) in [5.41, 5.74) is 2.14. The third-order valence-corrected chi connectivity index (χ3v) is 2.10. The Morgan fingerprint density at radius 3 is 2.43 bits per heavy atom. The number of hydrogen-bond donors (Lipinski definition) is 1. The van der Waals surface area contributed by atoms with Gasteiger partial charge in [-0.15, -0.1) is 0 Å². The second kappa shape index (κ2) is 4.77. The highest BCUT2D eigenvalue weighted by Crippen LogP contribution is 2.07. The van der Waals surface area contributed by atoms with E-state index in [1.807, 2.05) is 31.2 Å². The molecule has 1 N–H and O–H groups in total. The predicted octanol–water partition coefficient (Wildman–Crippen LogP) is 1.64. The SMILES string of the molecule is COC(Cc1ccc(C)cc1)C(=O)O. The lowest BCUT2D eigenvalue weighted by atomic mass is 10.1. The average Bonchev–Trinajstić information content (AvgIpc) is 2.16. The van der Waals surface area contributed by atoms with E-state index >= 15 is 0 Å². The van der Waals surface area contributed by atoms with E-state index in [0.29, 0.717) is 6.42 Å². The van der Waals surface area contributed by atoms with Crippen LogP contribution in [-0.2, 0) is 16.0 Å². The van der Waals surface area contributed by atoms with Crippen LogP contribution in [0.3, 0.4) is 0 Å². The van der Waals surface area contributed by atoms with Gasteiger partial charge in [0, 0.05) is 13.5 Å². The Morgan fingerprint density at radius 1 is 1.43 bits per heavy atom. The zero-order valence-corrected chi connectivity index (χ0v) is 8.36. The number of ether oxygens (including phenoxy) is 1. The number of methoxy groups -OCH3 is 1. The molecule has 3 heteroatoms. The summed E-state index contributed by atoms with van der Waals surface area (Å²) in [7, 11) is 1.41. The smallest absolute Gasteiger partial charge is 0.333 e. The Hall–Kier alpha value is -1.35. The molecular weight excluding hydrogens is 180 g/mol. The molecule has 1 aromatic carbocycles. The highest BCUT2D eigenvalue weighted by atomic mass is 16.5. The fourth-order valence-electron chi connectivity index (χ4n) is 1.21. The largest absolute Gasteiger partial charge is 0.479 e. The van der Waals surface area contributed by atoms with Gasteiger partial charge in [0.25, 0.3) is 0 Å². The molecule has 0 aliphatic carbocycles. The molecule has 0 saturated carbocycles. The van der Waals surface area contributed by atoms with Gasteiger partial charge in [-0.1, -0.05) is 29.8 Å². The van der Waals surface area contributed by atoms with Crippen molar-refractivity contribution in [1.82, 2.24) is 0 Å². The number of carbonyl (C=O) groups is 1. The number of rotatable bonds is 4. The van der Waals surface area contributed by atoms with E-state index in [1.54, 1.807) is 0 Å². The van der Waals surface area contributed by atoms with E-state index in [4.69, 9.17) is 9.84 Å². The fraction of sp³-hybridized carbons (Fsp3) is 0.364. The molecule has 0 heterocycles. The highest BCUT2D eigenvalue weighted by Gasteiger charge is 2.16. The number of aryl methyl sites for hydroxylation is 1. The number of benzene rings is 1. The van der Waals surface area contributed by atoms with Gasteiger partial charge in [-0.25, -0.2) is 4.79 Å². The Morgan fingerprint density at radius 2 is 2.00 bits per heavy atom. The van der Waals surface area contributed by atoms with Gasteiger partial charge < -0.3 is 9.84 Å². The first-order chi connectivity index (χ1) is 6.63. The van der Waals surface area contributed by atoms with Gasteiger partial charge in [0.05, 0.1) is 0 Å². The van der Waals surface area contributed by atoms with Crippen LogP contribution < -0.4 is 0 Å². The number of aliphatic carboxylic acids is 1. The zero-order chi connectivity index (χ0) is 10.6. The Kier molecular flexibility index (Phi) is 3.65. The Balaban J connectivity index is 2.67. The second-order valence-corrected chi connectivity index (χ2v) is 3.25. The van der Waals surface area contributed by atoms with Gasteiger partial charge in [-0.05, 0) is 12.5 Å². The van der Waals surface area contributed by atoms with Crippen LogP contribution in [0.2, 0.25) is 0 Å². The van der Waals surface area contributed by atoms with Crippen molar-refractivity contribution in [3.05, 3.63) is 35.4 Å². The van der Waals surface area contributed by atoms with Crippen molar-refractivity contribution < 1.29 is 14.6 Å². The van der Waals surface area contributed by atoms with Crippen LogP contribution in [0.4, 0.5) is 0 Å². The first-order valence-corrected chi connectivity index (χ1v) is 4.44. The number of carboxylic acid groups (broad SMARTS) is 1. The Bertz CT molecular complexity index is 303.